The summed E-state index contributed by atoms with van der Waals surface area (Å²) < 4.78 is 0. The van der Waals surface area contributed by atoms with Crippen LogP contribution in [0.1, 0.15) is 33.6 Å². The topological polar surface area (TPSA) is 65.5 Å². The predicted molar refractivity (Wildman–Crippen MR) is 163 cm³/mol. The van der Waals surface area contributed by atoms with Crippen LogP contribution >= 0.6 is 11.3 Å². The van der Waals surface area contributed by atoms with Gasteiger partial charge in [-0.2, -0.15) is 5.06 Å². The van der Waals surface area contributed by atoms with E-state index in [1.165, 1.54) is 50.0 Å². The lowest BCUT2D eigenvalue weighted by molar-refractivity contribution is 0.216. The third-order valence-electron chi connectivity index (χ3n) is 7.80. The predicted octanol–water partition coefficient (Wildman–Crippen LogP) is 8.49. The third-order valence-corrected chi connectivity index (χ3v) is 9.01. The summed E-state index contributed by atoms with van der Waals surface area (Å²) in [6.07, 6.45) is 9.82. The fraction of sp³-hybridized carbons (Fsp3) is 0.118. The van der Waals surface area contributed by atoms with Gasteiger partial charge in [-0.15, -0.1) is 11.3 Å². The number of urea groups is 1. The molecule has 0 saturated heterocycles. The molecule has 2 N–H and O–H groups in total. The molecular weight excluding hydrogens is 514 g/mol. The number of thiophene rings is 1. The molecule has 2 aromatic heterocycles. The number of carbonyl (C=O) groups is 1. The third kappa shape index (κ3) is 4.51. The number of nitrogens with one attached hydrogen (secondary N) is 1. The van der Waals surface area contributed by atoms with Crippen LogP contribution in [0.4, 0.5) is 16.2 Å². The molecule has 2 heterocycles. The van der Waals surface area contributed by atoms with Gasteiger partial charge in [0.05, 0.1) is 17.6 Å². The Morgan fingerprint density at radius 3 is 2.60 bits per heavy atom. The largest absolute Gasteiger partial charge is 0.350 e. The van der Waals surface area contributed by atoms with Crippen molar-refractivity contribution in [3.8, 4) is 21.6 Å². The quantitative estimate of drug-likeness (QED) is 0.177. The molecule has 0 radical (unpaired) electrons. The number of allylic oxidation sites excluding steroid dienone is 1. The van der Waals surface area contributed by atoms with E-state index in [4.69, 9.17) is 0 Å². The molecule has 0 fully saturated rings. The SMILES string of the molecule is O=C(Nc1cccnc1)N(O)c1cccc(-c2ccc(C3=Cc4ccc5c(c4CC3)CCc3ccccc3-5)s2)c1. The van der Waals surface area contributed by atoms with E-state index < -0.39 is 6.03 Å². The first-order valence-electron chi connectivity index (χ1n) is 13.5. The lowest BCUT2D eigenvalue weighted by atomic mass is 9.78. The second kappa shape index (κ2) is 10.2. The maximum Gasteiger partial charge on any atom is 0.350 e. The highest BCUT2D eigenvalue weighted by molar-refractivity contribution is 7.16. The summed E-state index contributed by atoms with van der Waals surface area (Å²) >= 11 is 1.74. The van der Waals surface area contributed by atoms with Crippen LogP contribution in [-0.4, -0.2) is 16.2 Å². The molecule has 2 aliphatic rings. The van der Waals surface area contributed by atoms with Gasteiger partial charge >= 0.3 is 6.03 Å². The summed E-state index contributed by atoms with van der Waals surface area (Å²) in [4.78, 5) is 18.9. The van der Waals surface area contributed by atoms with Crippen LogP contribution in [-0.2, 0) is 19.3 Å². The summed E-state index contributed by atoms with van der Waals surface area (Å²) in [7, 11) is 0. The van der Waals surface area contributed by atoms with E-state index >= 15 is 0 Å². The van der Waals surface area contributed by atoms with Crippen molar-refractivity contribution < 1.29 is 10.0 Å². The second-order valence-electron chi connectivity index (χ2n) is 10.2. The number of carbonyl (C=O) groups excluding carboxylic acids is 1. The smallest absolute Gasteiger partial charge is 0.304 e. The average molecular weight is 542 g/mol. The van der Waals surface area contributed by atoms with Crippen molar-refractivity contribution in [2.24, 2.45) is 0 Å². The van der Waals surface area contributed by atoms with Gasteiger partial charge in [-0.1, -0.05) is 54.6 Å². The maximum atomic E-state index is 12.6. The lowest BCUT2D eigenvalue weighted by Gasteiger charge is -2.26. The first-order valence-corrected chi connectivity index (χ1v) is 14.3. The molecular formula is C34H27N3O2S. The summed E-state index contributed by atoms with van der Waals surface area (Å²) in [5, 5.41) is 13.8. The molecule has 0 spiro atoms. The molecule has 2 aliphatic carbocycles. The molecule has 6 heteroatoms. The standard InChI is InChI=1S/C34H27N3O2S/c38-34(36-26-7-4-18-35-21-26)37(39)27-8-3-6-24(20-27)32-16-17-33(40-32)25-12-13-29-23(19-25)11-15-30-28-9-2-1-5-22(28)10-14-31(29)30/h1-9,11,15-21,39H,10,12-14H2,(H,36,38). The van der Waals surface area contributed by atoms with Gasteiger partial charge < -0.3 is 5.32 Å². The Morgan fingerprint density at radius 1 is 0.825 bits per heavy atom. The Balaban J connectivity index is 1.13. The van der Waals surface area contributed by atoms with E-state index in [0.29, 0.717) is 16.4 Å². The van der Waals surface area contributed by atoms with Gasteiger partial charge in [0.15, 0.2) is 0 Å². The molecule has 0 aliphatic heterocycles. The number of pyridine rings is 1. The maximum absolute atomic E-state index is 12.6. The minimum Gasteiger partial charge on any atom is -0.304 e. The molecule has 196 valence electrons. The van der Waals surface area contributed by atoms with E-state index in [-0.39, 0.29) is 0 Å². The Kier molecular flexibility index (Phi) is 6.27. The second-order valence-corrected chi connectivity index (χ2v) is 11.3. The van der Waals surface area contributed by atoms with Crippen LogP contribution < -0.4 is 10.4 Å². The Labute approximate surface area is 237 Å². The van der Waals surface area contributed by atoms with Gasteiger partial charge in [-0.3, -0.25) is 10.2 Å². The van der Waals surface area contributed by atoms with Gasteiger partial charge in [0, 0.05) is 16.0 Å². The number of hydrogen-bond donors (Lipinski definition) is 2. The summed E-state index contributed by atoms with van der Waals surface area (Å²) in [5.41, 5.74) is 11.8. The van der Waals surface area contributed by atoms with E-state index in [0.717, 1.165) is 36.1 Å². The van der Waals surface area contributed by atoms with Gasteiger partial charge in [-0.05, 0) is 107 Å². The Morgan fingerprint density at radius 2 is 1.70 bits per heavy atom. The van der Waals surface area contributed by atoms with E-state index in [1.807, 2.05) is 18.2 Å². The average Bonchev–Trinajstić information content (AvgIpc) is 3.51. The van der Waals surface area contributed by atoms with E-state index in [9.17, 15) is 10.0 Å². The van der Waals surface area contributed by atoms with Crippen molar-refractivity contribution in [1.82, 2.24) is 4.98 Å². The molecule has 5 nitrogen and oxygen atoms in total. The van der Waals surface area contributed by atoms with Crippen molar-refractivity contribution in [1.29, 1.82) is 0 Å². The monoisotopic (exact) mass is 541 g/mol. The molecule has 0 unspecified atom stereocenters. The minimum atomic E-state index is -0.645. The molecule has 0 saturated carbocycles. The van der Waals surface area contributed by atoms with Crippen LogP contribution in [0.2, 0.25) is 0 Å². The van der Waals surface area contributed by atoms with Crippen LogP contribution in [0.3, 0.4) is 0 Å². The van der Waals surface area contributed by atoms with Crippen molar-refractivity contribution in [3.05, 3.63) is 124 Å². The molecule has 0 bridgehead atoms. The van der Waals surface area contributed by atoms with Gasteiger partial charge in [0.2, 0.25) is 0 Å². The number of anilines is 2. The number of fused-ring (bicyclic) bond motifs is 5. The molecule has 5 aromatic rings. The molecule has 40 heavy (non-hydrogen) atoms. The van der Waals surface area contributed by atoms with E-state index in [2.05, 4.69) is 64.9 Å². The number of rotatable bonds is 4. The van der Waals surface area contributed by atoms with Crippen molar-refractivity contribution in [2.45, 2.75) is 25.7 Å². The van der Waals surface area contributed by atoms with Gasteiger partial charge in [-0.25, -0.2) is 4.79 Å². The Hall–Kier alpha value is -4.52. The number of aromatic nitrogens is 1. The van der Waals surface area contributed by atoms with Crippen LogP contribution in [0.5, 0.6) is 0 Å². The first kappa shape index (κ1) is 24.5. The van der Waals surface area contributed by atoms with Crippen LogP contribution in [0.15, 0.2) is 97.3 Å². The number of nitrogens with zero attached hydrogens (tertiary/aromatic N) is 2. The van der Waals surface area contributed by atoms with E-state index in [1.54, 1.807) is 35.7 Å². The summed E-state index contributed by atoms with van der Waals surface area (Å²) in [6, 6.07) is 27.9. The summed E-state index contributed by atoms with van der Waals surface area (Å²) in [6.45, 7) is 0. The number of amides is 2. The fourth-order valence-corrected chi connectivity index (χ4v) is 6.89. The highest BCUT2D eigenvalue weighted by Crippen LogP contribution is 2.42. The Bertz CT molecular complexity index is 1770. The zero-order chi connectivity index (χ0) is 27.1. The minimum absolute atomic E-state index is 0.394. The molecule has 2 amide bonds. The van der Waals surface area contributed by atoms with Gasteiger partial charge in [0.25, 0.3) is 0 Å². The first-order chi connectivity index (χ1) is 19.6. The zero-order valence-electron chi connectivity index (χ0n) is 21.8. The van der Waals surface area contributed by atoms with Crippen LogP contribution in [0.25, 0.3) is 33.2 Å². The normalized spacial score (nSPS) is 13.5. The molecule has 3 aromatic carbocycles. The van der Waals surface area contributed by atoms with Crippen molar-refractivity contribution in [3.63, 3.8) is 0 Å². The van der Waals surface area contributed by atoms with Gasteiger partial charge in [0.1, 0.15) is 0 Å². The van der Waals surface area contributed by atoms with Crippen molar-refractivity contribution in [2.75, 3.05) is 10.4 Å². The highest BCUT2D eigenvalue weighted by Gasteiger charge is 2.23. The number of hydrogen-bond acceptors (Lipinski definition) is 4. The zero-order valence-corrected chi connectivity index (χ0v) is 22.6. The van der Waals surface area contributed by atoms with Crippen LogP contribution in [0, 0.1) is 0 Å². The lowest BCUT2D eigenvalue weighted by Crippen LogP contribution is -2.31. The fourth-order valence-electron chi connectivity index (χ4n) is 5.84. The molecule has 0 atom stereocenters. The van der Waals surface area contributed by atoms with Crippen molar-refractivity contribution >= 4 is 40.4 Å². The number of aryl methyl sites for hydroxylation is 1. The molecule has 7 rings (SSSR count). The summed E-state index contributed by atoms with van der Waals surface area (Å²) in [5.74, 6) is 0. The highest BCUT2D eigenvalue weighted by atomic mass is 32.1. The number of hydroxylamine groups is 1. The number of benzene rings is 3.